The molecule has 2 amide bonds. The van der Waals surface area contributed by atoms with Gasteiger partial charge in [-0.1, -0.05) is 25.1 Å². The number of anilines is 3. The Hall–Kier alpha value is -5.02. The van der Waals surface area contributed by atoms with Crippen molar-refractivity contribution < 1.29 is 18.7 Å². The summed E-state index contributed by atoms with van der Waals surface area (Å²) in [6.07, 6.45) is 1.21. The molecular formula is C34H33N5O4. The van der Waals surface area contributed by atoms with Gasteiger partial charge in [-0.25, -0.2) is 14.8 Å². The van der Waals surface area contributed by atoms with Crippen molar-refractivity contribution in [3.8, 4) is 22.7 Å². The number of furan rings is 1. The zero-order valence-electron chi connectivity index (χ0n) is 24.2. The Bertz CT molecular complexity index is 1760. The van der Waals surface area contributed by atoms with Crippen molar-refractivity contribution in [2.75, 3.05) is 41.8 Å². The van der Waals surface area contributed by atoms with Gasteiger partial charge < -0.3 is 24.7 Å². The topological polar surface area (TPSA) is 110 Å². The fourth-order valence-electron chi connectivity index (χ4n) is 5.12. The Kier molecular flexibility index (Phi) is 8.15. The molecule has 2 N–H and O–H groups in total. The molecule has 3 heterocycles. The summed E-state index contributed by atoms with van der Waals surface area (Å²) in [5.74, 6) is 3.32. The van der Waals surface area contributed by atoms with Crippen LogP contribution in [0.3, 0.4) is 0 Å². The van der Waals surface area contributed by atoms with E-state index >= 15 is 0 Å². The predicted molar refractivity (Wildman–Crippen MR) is 169 cm³/mol. The molecule has 0 bridgehead atoms. The summed E-state index contributed by atoms with van der Waals surface area (Å²) < 4.78 is 11.6. The van der Waals surface area contributed by atoms with Crippen molar-refractivity contribution in [2.24, 2.45) is 0 Å². The van der Waals surface area contributed by atoms with Crippen molar-refractivity contribution in [2.45, 2.75) is 26.7 Å². The number of hydrogen-bond donors (Lipinski definition) is 2. The molecule has 2 aromatic heterocycles. The highest BCUT2D eigenvalue weighted by Crippen LogP contribution is 2.32. The number of morpholine rings is 1. The number of fused-ring (bicyclic) bond motifs is 1. The number of Topliss-reactive ketones (excluding diaryl/α,β-unsaturated/α-hetero) is 1. The van der Waals surface area contributed by atoms with E-state index in [4.69, 9.17) is 19.1 Å². The normalized spacial score (nSPS) is 13.2. The quantitative estimate of drug-likeness (QED) is 0.211. The summed E-state index contributed by atoms with van der Waals surface area (Å²) in [6, 6.07) is 24.5. The maximum absolute atomic E-state index is 12.6. The second-order valence-electron chi connectivity index (χ2n) is 10.6. The number of ether oxygens (including phenoxy) is 1. The van der Waals surface area contributed by atoms with Gasteiger partial charge in [-0.3, -0.25) is 4.79 Å². The maximum atomic E-state index is 12.6. The van der Waals surface area contributed by atoms with Gasteiger partial charge in [0, 0.05) is 53.8 Å². The van der Waals surface area contributed by atoms with Gasteiger partial charge in [-0.05, 0) is 73.2 Å². The molecule has 1 saturated heterocycles. The van der Waals surface area contributed by atoms with E-state index < -0.39 is 0 Å². The van der Waals surface area contributed by atoms with Gasteiger partial charge in [0.25, 0.3) is 0 Å². The number of rotatable bonds is 8. The van der Waals surface area contributed by atoms with Crippen LogP contribution in [0.2, 0.25) is 0 Å². The molecule has 0 atom stereocenters. The second kappa shape index (κ2) is 12.5. The largest absolute Gasteiger partial charge is 0.461 e. The Balaban J connectivity index is 1.24. The molecule has 218 valence electrons. The van der Waals surface area contributed by atoms with E-state index in [0.29, 0.717) is 36.8 Å². The number of amides is 2. The van der Waals surface area contributed by atoms with Gasteiger partial charge >= 0.3 is 6.03 Å². The number of aryl methyl sites for hydroxylation is 1. The third-order valence-electron chi connectivity index (χ3n) is 7.35. The smallest absolute Gasteiger partial charge is 0.323 e. The van der Waals surface area contributed by atoms with Crippen LogP contribution in [0, 0.1) is 0 Å². The lowest BCUT2D eigenvalue weighted by molar-refractivity contribution is -0.116. The van der Waals surface area contributed by atoms with Crippen molar-refractivity contribution in [1.82, 2.24) is 9.97 Å². The van der Waals surface area contributed by atoms with E-state index in [1.807, 2.05) is 48.5 Å². The molecule has 6 rings (SSSR count). The minimum atomic E-state index is -0.361. The highest BCUT2D eigenvalue weighted by Gasteiger charge is 2.19. The van der Waals surface area contributed by atoms with Crippen LogP contribution in [0.25, 0.3) is 33.6 Å². The Morgan fingerprint density at radius 2 is 1.51 bits per heavy atom. The maximum Gasteiger partial charge on any atom is 0.323 e. The molecule has 1 fully saturated rings. The Labute approximate surface area is 249 Å². The highest BCUT2D eigenvalue weighted by molar-refractivity contribution is 6.00. The summed E-state index contributed by atoms with van der Waals surface area (Å²) >= 11 is 0. The molecule has 43 heavy (non-hydrogen) atoms. The van der Waals surface area contributed by atoms with E-state index in [0.717, 1.165) is 64.4 Å². The third kappa shape index (κ3) is 6.57. The average molecular weight is 576 g/mol. The summed E-state index contributed by atoms with van der Waals surface area (Å²) in [5, 5.41) is 6.66. The molecule has 9 nitrogen and oxygen atoms in total. The fraction of sp³-hybridized carbons (Fsp3) is 0.235. The molecule has 3 aromatic carbocycles. The second-order valence-corrected chi connectivity index (χ2v) is 10.6. The van der Waals surface area contributed by atoms with E-state index in [9.17, 15) is 9.59 Å². The fourth-order valence-corrected chi connectivity index (χ4v) is 5.12. The monoisotopic (exact) mass is 575 g/mol. The van der Waals surface area contributed by atoms with Crippen LogP contribution in [-0.4, -0.2) is 48.1 Å². The lowest BCUT2D eigenvalue weighted by Crippen LogP contribution is -2.37. The summed E-state index contributed by atoms with van der Waals surface area (Å²) in [5.41, 5.74) is 4.81. The first-order chi connectivity index (χ1) is 20.9. The predicted octanol–water partition coefficient (Wildman–Crippen LogP) is 6.73. The first-order valence-corrected chi connectivity index (χ1v) is 14.5. The van der Waals surface area contributed by atoms with Crippen molar-refractivity contribution >= 4 is 39.9 Å². The van der Waals surface area contributed by atoms with Crippen LogP contribution in [0.1, 0.15) is 25.2 Å². The minimum absolute atomic E-state index is 0.0949. The van der Waals surface area contributed by atoms with Gasteiger partial charge in [0.05, 0.1) is 18.7 Å². The summed E-state index contributed by atoms with van der Waals surface area (Å²) in [7, 11) is 0. The van der Waals surface area contributed by atoms with E-state index in [1.165, 1.54) is 0 Å². The molecule has 9 heteroatoms. The highest BCUT2D eigenvalue weighted by atomic mass is 16.5. The van der Waals surface area contributed by atoms with Crippen LogP contribution in [0.15, 0.2) is 83.3 Å². The Morgan fingerprint density at radius 1 is 0.837 bits per heavy atom. The third-order valence-corrected chi connectivity index (χ3v) is 7.35. The first-order valence-electron chi connectivity index (χ1n) is 14.5. The number of ketones is 1. The molecule has 1 aliphatic heterocycles. The number of carbonyl (C=O) groups is 2. The van der Waals surface area contributed by atoms with Gasteiger partial charge in [-0.15, -0.1) is 0 Å². The van der Waals surface area contributed by atoms with E-state index in [-0.39, 0.29) is 11.8 Å². The number of urea groups is 1. The van der Waals surface area contributed by atoms with Gasteiger partial charge in [-0.2, -0.15) is 0 Å². The number of benzene rings is 3. The van der Waals surface area contributed by atoms with E-state index in [2.05, 4.69) is 40.7 Å². The molecule has 0 radical (unpaired) electrons. The number of nitrogens with zero attached hydrogens (tertiary/aromatic N) is 3. The average Bonchev–Trinajstić information content (AvgIpc) is 3.51. The van der Waals surface area contributed by atoms with Crippen LogP contribution < -0.4 is 15.5 Å². The molecular weight excluding hydrogens is 542 g/mol. The molecule has 0 saturated carbocycles. The SMILES string of the molecule is CCc1ccc(-c2ccc3c(N4CCOCC4)nc(-c4ccc(NC(=O)Nc5ccc(CC(C)=O)cc5)cc4)nc3c2)o1. The van der Waals surface area contributed by atoms with E-state index in [1.54, 1.807) is 19.1 Å². The van der Waals surface area contributed by atoms with Gasteiger partial charge in [0.15, 0.2) is 5.82 Å². The van der Waals surface area contributed by atoms with Crippen LogP contribution in [-0.2, 0) is 22.4 Å². The van der Waals surface area contributed by atoms with Crippen molar-refractivity contribution in [3.63, 3.8) is 0 Å². The summed E-state index contributed by atoms with van der Waals surface area (Å²) in [4.78, 5) is 36.1. The number of nitrogens with one attached hydrogen (secondary N) is 2. The van der Waals surface area contributed by atoms with Crippen molar-refractivity contribution in [3.05, 3.63) is 90.2 Å². The lowest BCUT2D eigenvalue weighted by Gasteiger charge is -2.29. The molecule has 5 aromatic rings. The standard InChI is InChI=1S/C34H33N5O4/c1-3-28-13-15-31(43-28)25-8-14-29-30(21-25)37-32(38-33(29)39-16-18-42-19-17-39)24-6-11-27(12-7-24)36-34(41)35-26-9-4-23(5-10-26)20-22(2)40/h4-15,21H,3,16-20H2,1-2H3,(H2,35,36,41). The molecule has 0 spiro atoms. The number of carbonyl (C=O) groups excluding carboxylic acids is 2. The Morgan fingerprint density at radius 3 is 2.16 bits per heavy atom. The van der Waals surface area contributed by atoms with Gasteiger partial charge in [0.1, 0.15) is 23.1 Å². The van der Waals surface area contributed by atoms with Gasteiger partial charge in [0.2, 0.25) is 0 Å². The molecule has 1 aliphatic rings. The molecule has 0 unspecified atom stereocenters. The number of hydrogen-bond acceptors (Lipinski definition) is 7. The van der Waals surface area contributed by atoms with Crippen LogP contribution in [0.4, 0.5) is 22.0 Å². The van der Waals surface area contributed by atoms with Crippen LogP contribution >= 0.6 is 0 Å². The zero-order chi connectivity index (χ0) is 29.8. The number of aromatic nitrogens is 2. The van der Waals surface area contributed by atoms with Crippen LogP contribution in [0.5, 0.6) is 0 Å². The summed E-state index contributed by atoms with van der Waals surface area (Å²) in [6.45, 7) is 6.43. The first kappa shape index (κ1) is 28.1. The zero-order valence-corrected chi connectivity index (χ0v) is 24.2. The van der Waals surface area contributed by atoms with Crippen molar-refractivity contribution in [1.29, 1.82) is 0 Å². The minimum Gasteiger partial charge on any atom is -0.461 e. The molecule has 0 aliphatic carbocycles. The lowest BCUT2D eigenvalue weighted by atomic mass is 10.1.